The Bertz CT molecular complexity index is 1100. The maximum Gasteiger partial charge on any atom is 0.416 e. The van der Waals surface area contributed by atoms with Crippen molar-refractivity contribution in [1.82, 2.24) is 0 Å². The minimum Gasteiger partial charge on any atom is -0.310 e. The van der Waals surface area contributed by atoms with Crippen molar-refractivity contribution in [1.29, 1.82) is 0 Å². The summed E-state index contributed by atoms with van der Waals surface area (Å²) in [6.45, 7) is 0. The summed E-state index contributed by atoms with van der Waals surface area (Å²) in [7, 11) is 0. The lowest BCUT2D eigenvalue weighted by Crippen LogP contribution is -2.18. The summed E-state index contributed by atoms with van der Waals surface area (Å²) >= 11 is 5.74. The SMILES string of the molecule is FC(F)(F)c1cc(N(c2ccc(Cl)cc2)c2cc(C(F)(F)F)cc(C(F)(F)F)c2)cc(C(F)(F)F)c1. The van der Waals surface area contributed by atoms with Crippen LogP contribution in [0.1, 0.15) is 22.3 Å². The van der Waals surface area contributed by atoms with Crippen LogP contribution in [-0.2, 0) is 24.7 Å². The van der Waals surface area contributed by atoms with Crippen molar-refractivity contribution in [3.63, 3.8) is 0 Å². The zero-order chi connectivity index (χ0) is 27.3. The summed E-state index contributed by atoms with van der Waals surface area (Å²) in [5.41, 5.74) is -9.65. The van der Waals surface area contributed by atoms with E-state index in [1.54, 1.807) is 0 Å². The summed E-state index contributed by atoms with van der Waals surface area (Å²) in [4.78, 5) is 0.408. The molecule has 0 aromatic heterocycles. The van der Waals surface area contributed by atoms with Crippen molar-refractivity contribution >= 4 is 28.7 Å². The van der Waals surface area contributed by atoms with Crippen LogP contribution >= 0.6 is 11.6 Å². The van der Waals surface area contributed by atoms with E-state index < -0.39 is 58.3 Å². The molecule has 1 nitrogen and oxygen atoms in total. The highest BCUT2D eigenvalue weighted by atomic mass is 35.5. The number of rotatable bonds is 3. The first-order valence-corrected chi connectivity index (χ1v) is 9.79. The Morgan fingerprint density at radius 1 is 0.417 bits per heavy atom. The van der Waals surface area contributed by atoms with Gasteiger partial charge in [-0.25, -0.2) is 0 Å². The summed E-state index contributed by atoms with van der Waals surface area (Å²) in [6.07, 6.45) is -21.3. The third-order valence-corrected chi connectivity index (χ3v) is 5.00. The quantitative estimate of drug-likeness (QED) is 0.293. The van der Waals surface area contributed by atoms with Crippen LogP contribution in [0.4, 0.5) is 69.7 Å². The zero-order valence-electron chi connectivity index (χ0n) is 17.1. The second-order valence-electron chi connectivity index (χ2n) is 7.34. The molecule has 0 saturated heterocycles. The van der Waals surface area contributed by atoms with Gasteiger partial charge in [0.05, 0.1) is 22.3 Å². The number of hydrogen-bond acceptors (Lipinski definition) is 1. The number of benzene rings is 3. The number of nitrogens with zero attached hydrogens (tertiary/aromatic N) is 1. The molecule has 0 radical (unpaired) electrons. The average molecular weight is 552 g/mol. The van der Waals surface area contributed by atoms with Gasteiger partial charge >= 0.3 is 24.7 Å². The first-order chi connectivity index (χ1) is 16.3. The van der Waals surface area contributed by atoms with E-state index in [1.165, 1.54) is 0 Å². The Morgan fingerprint density at radius 2 is 0.694 bits per heavy atom. The highest BCUT2D eigenvalue weighted by molar-refractivity contribution is 6.30. The van der Waals surface area contributed by atoms with Crippen LogP contribution in [0.15, 0.2) is 60.7 Å². The predicted octanol–water partition coefficient (Wildman–Crippen LogP) is 9.88. The molecule has 0 bridgehead atoms. The first-order valence-electron chi connectivity index (χ1n) is 9.41. The van der Waals surface area contributed by atoms with E-state index in [-0.39, 0.29) is 47.1 Å². The van der Waals surface area contributed by atoms with E-state index in [9.17, 15) is 52.7 Å². The van der Waals surface area contributed by atoms with Crippen LogP contribution < -0.4 is 4.90 Å². The van der Waals surface area contributed by atoms with E-state index in [1.807, 2.05) is 0 Å². The van der Waals surface area contributed by atoms with Crippen molar-refractivity contribution in [2.24, 2.45) is 0 Å². The zero-order valence-corrected chi connectivity index (χ0v) is 17.9. The highest BCUT2D eigenvalue weighted by Gasteiger charge is 2.40. The summed E-state index contributed by atoms with van der Waals surface area (Å²) < 4.78 is 161. The molecule has 0 fully saturated rings. The molecule has 0 aliphatic heterocycles. The lowest BCUT2D eigenvalue weighted by molar-refractivity contribution is -0.144. The fourth-order valence-electron chi connectivity index (χ4n) is 3.17. The largest absolute Gasteiger partial charge is 0.416 e. The molecule has 3 aromatic carbocycles. The van der Waals surface area contributed by atoms with Gasteiger partial charge in [0.25, 0.3) is 0 Å². The summed E-state index contributed by atoms with van der Waals surface area (Å²) in [6, 6.07) is 4.46. The van der Waals surface area contributed by atoms with Crippen LogP contribution in [0.25, 0.3) is 0 Å². The van der Waals surface area contributed by atoms with Gasteiger partial charge in [-0.05, 0) is 60.7 Å². The Labute approximate surface area is 199 Å². The van der Waals surface area contributed by atoms with Crippen LogP contribution in [0.2, 0.25) is 5.02 Å². The Morgan fingerprint density at radius 3 is 0.944 bits per heavy atom. The molecular weight excluding hydrogens is 542 g/mol. The van der Waals surface area contributed by atoms with Gasteiger partial charge in [0.1, 0.15) is 0 Å². The molecule has 0 aliphatic rings. The topological polar surface area (TPSA) is 3.24 Å². The summed E-state index contributed by atoms with van der Waals surface area (Å²) in [5, 5.41) is 0.0266. The fraction of sp³-hybridized carbons (Fsp3) is 0.182. The summed E-state index contributed by atoms with van der Waals surface area (Å²) in [5.74, 6) is 0. The lowest BCUT2D eigenvalue weighted by atomic mass is 10.0. The van der Waals surface area contributed by atoms with E-state index in [4.69, 9.17) is 11.6 Å². The van der Waals surface area contributed by atoms with E-state index in [0.29, 0.717) is 4.90 Å². The van der Waals surface area contributed by atoms with Gasteiger partial charge in [-0.15, -0.1) is 0 Å². The molecule has 36 heavy (non-hydrogen) atoms. The Balaban J connectivity index is 2.42. The number of halogens is 13. The van der Waals surface area contributed by atoms with Crippen LogP contribution in [-0.4, -0.2) is 0 Å². The normalized spacial score (nSPS) is 13.1. The average Bonchev–Trinajstić information content (AvgIpc) is 2.72. The van der Waals surface area contributed by atoms with E-state index in [0.717, 1.165) is 24.3 Å². The first kappa shape index (κ1) is 27.5. The smallest absolute Gasteiger partial charge is 0.310 e. The van der Waals surface area contributed by atoms with Crippen LogP contribution in [0, 0.1) is 0 Å². The molecule has 0 saturated carbocycles. The van der Waals surface area contributed by atoms with Gasteiger partial charge in [-0.1, -0.05) is 11.6 Å². The molecular formula is C22H10ClF12N. The maximum absolute atomic E-state index is 13.4. The molecule has 194 valence electrons. The van der Waals surface area contributed by atoms with Gasteiger partial charge in [0.2, 0.25) is 0 Å². The van der Waals surface area contributed by atoms with Gasteiger partial charge in [0.15, 0.2) is 0 Å². The standard InChI is InChI=1S/C22H10ClF12N/c23-15-1-3-16(4-2-15)36(17-7-11(19(24,25)26)5-12(8-17)20(27,28)29)18-9-13(21(30,31)32)6-14(10-18)22(33,34)35/h1-10H. The monoisotopic (exact) mass is 551 g/mol. The van der Waals surface area contributed by atoms with Gasteiger partial charge in [-0.3, -0.25) is 0 Å². The van der Waals surface area contributed by atoms with Gasteiger partial charge in [-0.2, -0.15) is 52.7 Å². The Kier molecular flexibility index (Phi) is 6.94. The van der Waals surface area contributed by atoms with Crippen molar-refractivity contribution < 1.29 is 52.7 Å². The van der Waals surface area contributed by atoms with Gasteiger partial charge < -0.3 is 4.90 Å². The molecule has 0 aliphatic carbocycles. The molecule has 0 atom stereocenters. The lowest BCUT2D eigenvalue weighted by Gasteiger charge is -2.28. The van der Waals surface area contributed by atoms with Crippen LogP contribution in [0.5, 0.6) is 0 Å². The van der Waals surface area contributed by atoms with E-state index in [2.05, 4.69) is 0 Å². The second-order valence-corrected chi connectivity index (χ2v) is 7.78. The third kappa shape index (κ3) is 6.18. The highest BCUT2D eigenvalue weighted by Crippen LogP contribution is 2.45. The molecule has 3 rings (SSSR count). The number of hydrogen-bond donors (Lipinski definition) is 0. The third-order valence-electron chi connectivity index (χ3n) is 4.75. The Hall–Kier alpha value is -3.09. The number of anilines is 3. The fourth-order valence-corrected chi connectivity index (χ4v) is 3.30. The minimum absolute atomic E-state index is 0.0266. The van der Waals surface area contributed by atoms with Crippen molar-refractivity contribution in [2.45, 2.75) is 24.7 Å². The van der Waals surface area contributed by atoms with Crippen LogP contribution in [0.3, 0.4) is 0 Å². The molecule has 14 heteroatoms. The molecule has 0 heterocycles. The molecule has 0 N–H and O–H groups in total. The molecule has 0 unspecified atom stereocenters. The van der Waals surface area contributed by atoms with E-state index >= 15 is 0 Å². The van der Waals surface area contributed by atoms with Crippen molar-refractivity contribution in [3.8, 4) is 0 Å². The maximum atomic E-state index is 13.4. The van der Waals surface area contributed by atoms with Gasteiger partial charge in [0, 0.05) is 22.1 Å². The minimum atomic E-state index is -5.33. The predicted molar refractivity (Wildman–Crippen MR) is 106 cm³/mol. The second kappa shape index (κ2) is 9.09. The van der Waals surface area contributed by atoms with Crippen molar-refractivity contribution in [3.05, 3.63) is 87.9 Å². The molecule has 0 amide bonds. The number of alkyl halides is 12. The van der Waals surface area contributed by atoms with Crippen molar-refractivity contribution in [2.75, 3.05) is 4.90 Å². The molecule has 0 spiro atoms. The molecule has 3 aromatic rings.